The SMILES string of the molecule is CC(C)CC(NC(=O)C1CCC(=O)N1)C(=O)N1CCCCC1C(N)=O. The van der Waals surface area contributed by atoms with Crippen molar-refractivity contribution in [2.75, 3.05) is 6.54 Å². The summed E-state index contributed by atoms with van der Waals surface area (Å²) in [5.74, 6) is -1.10. The number of likely N-dealkylation sites (tertiary alicyclic amines) is 1. The van der Waals surface area contributed by atoms with Gasteiger partial charge in [-0.05, 0) is 38.0 Å². The first-order valence-electron chi connectivity index (χ1n) is 8.99. The van der Waals surface area contributed by atoms with E-state index in [4.69, 9.17) is 5.73 Å². The molecule has 8 heteroatoms. The van der Waals surface area contributed by atoms with Gasteiger partial charge in [0, 0.05) is 13.0 Å². The Kier molecular flexibility index (Phi) is 6.39. The maximum absolute atomic E-state index is 13.0. The molecule has 0 aromatic carbocycles. The Bertz CT molecular complexity index is 549. The van der Waals surface area contributed by atoms with Crippen molar-refractivity contribution in [2.24, 2.45) is 11.7 Å². The van der Waals surface area contributed by atoms with Crippen molar-refractivity contribution in [2.45, 2.75) is 70.5 Å². The summed E-state index contributed by atoms with van der Waals surface area (Å²) in [5, 5.41) is 5.38. The minimum absolute atomic E-state index is 0.156. The Balaban J connectivity index is 2.09. The summed E-state index contributed by atoms with van der Waals surface area (Å²) in [4.78, 5) is 49.9. The maximum atomic E-state index is 13.0. The van der Waals surface area contributed by atoms with E-state index in [0.29, 0.717) is 32.2 Å². The Morgan fingerprint density at radius 2 is 2.00 bits per heavy atom. The second-order valence-corrected chi connectivity index (χ2v) is 7.30. The molecule has 2 fully saturated rings. The molecule has 2 aliphatic heterocycles. The van der Waals surface area contributed by atoms with Crippen LogP contribution in [0.15, 0.2) is 0 Å². The molecule has 4 N–H and O–H groups in total. The fraction of sp³-hybridized carbons (Fsp3) is 0.765. The molecule has 2 rings (SSSR count). The molecule has 4 amide bonds. The number of hydrogen-bond acceptors (Lipinski definition) is 4. The molecule has 8 nitrogen and oxygen atoms in total. The molecule has 0 aromatic heterocycles. The summed E-state index contributed by atoms with van der Waals surface area (Å²) in [7, 11) is 0. The van der Waals surface area contributed by atoms with Crippen molar-refractivity contribution in [3.63, 3.8) is 0 Å². The second kappa shape index (κ2) is 8.31. The minimum atomic E-state index is -0.718. The number of amides is 4. The lowest BCUT2D eigenvalue weighted by Gasteiger charge is -2.36. The number of nitrogens with one attached hydrogen (secondary N) is 2. The molecule has 25 heavy (non-hydrogen) atoms. The number of nitrogens with two attached hydrogens (primary N) is 1. The molecule has 0 bridgehead atoms. The van der Waals surface area contributed by atoms with Gasteiger partial charge in [0.05, 0.1) is 0 Å². The van der Waals surface area contributed by atoms with Crippen LogP contribution in [0.1, 0.15) is 52.4 Å². The van der Waals surface area contributed by atoms with Crippen molar-refractivity contribution in [3.05, 3.63) is 0 Å². The van der Waals surface area contributed by atoms with Crippen LogP contribution in [0.4, 0.5) is 0 Å². The Labute approximate surface area is 147 Å². The lowest BCUT2D eigenvalue weighted by atomic mass is 9.97. The summed E-state index contributed by atoms with van der Waals surface area (Å²) in [5.41, 5.74) is 5.45. The van der Waals surface area contributed by atoms with Crippen LogP contribution in [-0.4, -0.2) is 53.2 Å². The first-order chi connectivity index (χ1) is 11.8. The van der Waals surface area contributed by atoms with Crippen LogP contribution < -0.4 is 16.4 Å². The molecule has 0 aromatic rings. The standard InChI is InChI=1S/C17H28N4O4/c1-10(2)9-12(20-16(24)11-6-7-14(22)19-11)17(25)21-8-4-3-5-13(21)15(18)23/h10-13H,3-9H2,1-2H3,(H2,18,23)(H,19,22)(H,20,24). The molecule has 3 unspecified atom stereocenters. The van der Waals surface area contributed by atoms with Crippen LogP contribution in [0.5, 0.6) is 0 Å². The van der Waals surface area contributed by atoms with Gasteiger partial charge in [-0.2, -0.15) is 0 Å². The number of piperidine rings is 1. The highest BCUT2D eigenvalue weighted by Crippen LogP contribution is 2.20. The molecule has 2 aliphatic rings. The van der Waals surface area contributed by atoms with Gasteiger partial charge in [0.1, 0.15) is 18.1 Å². The molecule has 0 radical (unpaired) electrons. The van der Waals surface area contributed by atoms with Gasteiger partial charge >= 0.3 is 0 Å². The highest BCUT2D eigenvalue weighted by atomic mass is 16.2. The van der Waals surface area contributed by atoms with Crippen LogP contribution >= 0.6 is 0 Å². The number of carbonyl (C=O) groups is 4. The Hall–Kier alpha value is -2.12. The number of primary amides is 1. The van der Waals surface area contributed by atoms with E-state index in [-0.39, 0.29) is 23.6 Å². The first kappa shape index (κ1) is 19.2. The molecule has 140 valence electrons. The topological polar surface area (TPSA) is 122 Å². The van der Waals surface area contributed by atoms with E-state index in [1.807, 2.05) is 13.8 Å². The van der Waals surface area contributed by atoms with E-state index < -0.39 is 24.0 Å². The summed E-state index contributed by atoms with van der Waals surface area (Å²) in [6.45, 7) is 4.40. The third kappa shape index (κ3) is 4.93. The average molecular weight is 352 g/mol. The molecule has 0 saturated carbocycles. The van der Waals surface area contributed by atoms with Crippen molar-refractivity contribution in [1.82, 2.24) is 15.5 Å². The van der Waals surface area contributed by atoms with Crippen molar-refractivity contribution < 1.29 is 19.2 Å². The molecule has 0 spiro atoms. The zero-order valence-electron chi connectivity index (χ0n) is 14.9. The molecule has 0 aliphatic carbocycles. The number of carbonyl (C=O) groups excluding carboxylic acids is 4. The van der Waals surface area contributed by atoms with Crippen LogP contribution in [-0.2, 0) is 19.2 Å². The first-order valence-corrected chi connectivity index (χ1v) is 8.99. The lowest BCUT2D eigenvalue weighted by molar-refractivity contribution is -0.144. The fourth-order valence-electron chi connectivity index (χ4n) is 3.47. The van der Waals surface area contributed by atoms with Crippen LogP contribution in [0, 0.1) is 5.92 Å². The normalized spacial score (nSPS) is 24.8. The monoisotopic (exact) mass is 352 g/mol. The largest absolute Gasteiger partial charge is 0.368 e. The molecular formula is C17H28N4O4. The lowest BCUT2D eigenvalue weighted by Crippen LogP contribution is -2.58. The highest BCUT2D eigenvalue weighted by molar-refractivity contribution is 5.95. The zero-order valence-corrected chi connectivity index (χ0v) is 14.9. The smallest absolute Gasteiger partial charge is 0.245 e. The third-order valence-electron chi connectivity index (χ3n) is 4.75. The predicted molar refractivity (Wildman–Crippen MR) is 91.1 cm³/mol. The fourth-order valence-corrected chi connectivity index (χ4v) is 3.47. The Morgan fingerprint density at radius 1 is 1.28 bits per heavy atom. The quantitative estimate of drug-likeness (QED) is 0.605. The summed E-state index contributed by atoms with van der Waals surface area (Å²) < 4.78 is 0. The number of hydrogen-bond donors (Lipinski definition) is 3. The number of rotatable bonds is 6. The van der Waals surface area contributed by atoms with Gasteiger partial charge in [-0.25, -0.2) is 0 Å². The van der Waals surface area contributed by atoms with E-state index in [2.05, 4.69) is 10.6 Å². The zero-order chi connectivity index (χ0) is 18.6. The van der Waals surface area contributed by atoms with Gasteiger partial charge in [0.15, 0.2) is 0 Å². The molecule has 3 atom stereocenters. The highest BCUT2D eigenvalue weighted by Gasteiger charge is 2.37. The van der Waals surface area contributed by atoms with E-state index in [9.17, 15) is 19.2 Å². The van der Waals surface area contributed by atoms with Crippen molar-refractivity contribution in [3.8, 4) is 0 Å². The molecule has 2 heterocycles. The molecule has 2 saturated heterocycles. The average Bonchev–Trinajstić information content (AvgIpc) is 2.99. The van der Waals surface area contributed by atoms with Crippen molar-refractivity contribution >= 4 is 23.6 Å². The van der Waals surface area contributed by atoms with Crippen LogP contribution in [0.2, 0.25) is 0 Å². The van der Waals surface area contributed by atoms with Crippen molar-refractivity contribution in [1.29, 1.82) is 0 Å². The van der Waals surface area contributed by atoms with Gasteiger partial charge in [-0.15, -0.1) is 0 Å². The van der Waals surface area contributed by atoms with Crippen LogP contribution in [0.3, 0.4) is 0 Å². The minimum Gasteiger partial charge on any atom is -0.368 e. The van der Waals surface area contributed by atoms with E-state index in [1.54, 1.807) is 0 Å². The van der Waals surface area contributed by atoms with Gasteiger partial charge in [-0.1, -0.05) is 13.8 Å². The van der Waals surface area contributed by atoms with Gasteiger partial charge in [0.2, 0.25) is 23.6 Å². The van der Waals surface area contributed by atoms with E-state index in [1.165, 1.54) is 4.90 Å². The molecular weight excluding hydrogens is 324 g/mol. The second-order valence-electron chi connectivity index (χ2n) is 7.30. The summed E-state index contributed by atoms with van der Waals surface area (Å²) in [6.07, 6.45) is 3.44. The predicted octanol–water partition coefficient (Wildman–Crippen LogP) is -0.338. The summed E-state index contributed by atoms with van der Waals surface area (Å²) >= 11 is 0. The van der Waals surface area contributed by atoms with Gasteiger partial charge < -0.3 is 21.3 Å². The number of nitrogens with zero attached hydrogens (tertiary/aromatic N) is 1. The third-order valence-corrected chi connectivity index (χ3v) is 4.75. The van der Waals surface area contributed by atoms with E-state index in [0.717, 1.165) is 12.8 Å². The van der Waals surface area contributed by atoms with Crippen LogP contribution in [0.25, 0.3) is 0 Å². The van der Waals surface area contributed by atoms with Gasteiger partial charge in [-0.3, -0.25) is 19.2 Å². The summed E-state index contributed by atoms with van der Waals surface area (Å²) in [6, 6.07) is -1.92. The maximum Gasteiger partial charge on any atom is 0.245 e. The van der Waals surface area contributed by atoms with Gasteiger partial charge in [0.25, 0.3) is 0 Å². The van der Waals surface area contributed by atoms with E-state index >= 15 is 0 Å². The Morgan fingerprint density at radius 3 is 2.56 bits per heavy atom.